The van der Waals surface area contributed by atoms with Crippen LogP contribution < -0.4 is 16.0 Å². The molecule has 0 radical (unpaired) electrons. The lowest BCUT2D eigenvalue weighted by molar-refractivity contribution is -0.128. The predicted octanol–water partition coefficient (Wildman–Crippen LogP) is 1.78. The van der Waals surface area contributed by atoms with Gasteiger partial charge in [-0.15, -0.1) is 0 Å². The molecular weight excluding hydrogens is 302 g/mol. The summed E-state index contributed by atoms with van der Waals surface area (Å²) in [6.45, 7) is 2.79. The molecule has 2 rings (SSSR count). The summed E-state index contributed by atoms with van der Waals surface area (Å²) in [5.74, 6) is -0.272. The van der Waals surface area contributed by atoms with E-state index in [0.29, 0.717) is 18.0 Å². The number of amides is 2. The third-order valence-electron chi connectivity index (χ3n) is 3.81. The van der Waals surface area contributed by atoms with Gasteiger partial charge in [-0.2, -0.15) is 0 Å². The molecule has 2 atom stereocenters. The van der Waals surface area contributed by atoms with Gasteiger partial charge in [0.05, 0.1) is 6.54 Å². The van der Waals surface area contributed by atoms with Crippen molar-refractivity contribution in [2.45, 2.75) is 38.3 Å². The molecule has 1 aliphatic rings. The fraction of sp³-hybridized carbons (Fsp3) is 0.500. The van der Waals surface area contributed by atoms with Crippen LogP contribution in [0.15, 0.2) is 24.3 Å². The summed E-state index contributed by atoms with van der Waals surface area (Å²) in [4.78, 5) is 23.8. The Morgan fingerprint density at radius 2 is 2.18 bits per heavy atom. The molecule has 0 bridgehead atoms. The van der Waals surface area contributed by atoms with Crippen molar-refractivity contribution in [1.82, 2.24) is 16.0 Å². The summed E-state index contributed by atoms with van der Waals surface area (Å²) in [5.41, 5.74) is 0.948. The van der Waals surface area contributed by atoms with Gasteiger partial charge in [0.15, 0.2) is 0 Å². The molecular formula is C16H22ClN3O2. The van der Waals surface area contributed by atoms with Crippen LogP contribution in [0.3, 0.4) is 0 Å². The van der Waals surface area contributed by atoms with E-state index in [4.69, 9.17) is 11.6 Å². The standard InChI is InChI=1S/C16H22ClN3O2/c1-11(12-6-2-3-7-13(12)17)19-10-15(21)20-14-8-4-5-9-18-16(14)22/h2-3,6-7,11,14,19H,4-5,8-10H2,1H3,(H,18,22)(H,20,21)/t11-,14-/m1/s1. The van der Waals surface area contributed by atoms with Gasteiger partial charge in [-0.25, -0.2) is 0 Å². The van der Waals surface area contributed by atoms with E-state index in [9.17, 15) is 9.59 Å². The molecule has 3 N–H and O–H groups in total. The second-order valence-electron chi connectivity index (χ2n) is 5.53. The largest absolute Gasteiger partial charge is 0.354 e. The number of rotatable bonds is 5. The zero-order valence-corrected chi connectivity index (χ0v) is 13.5. The second kappa shape index (κ2) is 8.15. The van der Waals surface area contributed by atoms with Gasteiger partial charge >= 0.3 is 0 Å². The molecule has 0 aromatic heterocycles. The monoisotopic (exact) mass is 323 g/mol. The van der Waals surface area contributed by atoms with E-state index in [2.05, 4.69) is 16.0 Å². The highest BCUT2D eigenvalue weighted by Gasteiger charge is 2.22. The number of hydrogen-bond acceptors (Lipinski definition) is 3. The van der Waals surface area contributed by atoms with Crippen molar-refractivity contribution in [1.29, 1.82) is 0 Å². The van der Waals surface area contributed by atoms with Gasteiger partial charge in [-0.05, 0) is 37.8 Å². The van der Waals surface area contributed by atoms with E-state index in [1.54, 1.807) is 0 Å². The molecule has 1 aromatic carbocycles. The van der Waals surface area contributed by atoms with Crippen LogP contribution in [0.1, 0.15) is 37.8 Å². The lowest BCUT2D eigenvalue weighted by atomic mass is 10.1. The van der Waals surface area contributed by atoms with Crippen molar-refractivity contribution >= 4 is 23.4 Å². The molecule has 2 amide bonds. The summed E-state index contributed by atoms with van der Waals surface area (Å²) in [6.07, 6.45) is 2.59. The second-order valence-corrected chi connectivity index (χ2v) is 5.94. The van der Waals surface area contributed by atoms with Crippen LogP contribution in [0.5, 0.6) is 0 Å². The summed E-state index contributed by atoms with van der Waals surface area (Å²) < 4.78 is 0. The SMILES string of the molecule is C[C@@H](NCC(=O)N[C@@H]1CCCCNC1=O)c1ccccc1Cl. The minimum absolute atomic E-state index is 0.0394. The van der Waals surface area contributed by atoms with E-state index in [0.717, 1.165) is 18.4 Å². The van der Waals surface area contributed by atoms with Crippen molar-refractivity contribution < 1.29 is 9.59 Å². The molecule has 0 aliphatic carbocycles. The maximum atomic E-state index is 12.0. The van der Waals surface area contributed by atoms with Crippen LogP contribution in [-0.4, -0.2) is 30.9 Å². The van der Waals surface area contributed by atoms with E-state index in [1.807, 2.05) is 31.2 Å². The number of carbonyl (C=O) groups is 2. The first-order chi connectivity index (χ1) is 10.6. The summed E-state index contributed by atoms with van der Waals surface area (Å²) in [5, 5.41) is 9.39. The van der Waals surface area contributed by atoms with E-state index >= 15 is 0 Å². The predicted molar refractivity (Wildman–Crippen MR) is 86.7 cm³/mol. The first-order valence-electron chi connectivity index (χ1n) is 7.63. The first-order valence-corrected chi connectivity index (χ1v) is 8.00. The highest BCUT2D eigenvalue weighted by molar-refractivity contribution is 6.31. The van der Waals surface area contributed by atoms with Crippen molar-refractivity contribution in [3.8, 4) is 0 Å². The molecule has 6 heteroatoms. The van der Waals surface area contributed by atoms with Crippen LogP contribution in [0.4, 0.5) is 0 Å². The average Bonchev–Trinajstić information content (AvgIpc) is 2.70. The molecule has 22 heavy (non-hydrogen) atoms. The van der Waals surface area contributed by atoms with Crippen molar-refractivity contribution in [3.05, 3.63) is 34.9 Å². The first kappa shape index (κ1) is 16.8. The molecule has 1 aliphatic heterocycles. The van der Waals surface area contributed by atoms with Gasteiger partial charge in [-0.1, -0.05) is 29.8 Å². The zero-order valence-electron chi connectivity index (χ0n) is 12.7. The minimum Gasteiger partial charge on any atom is -0.354 e. The van der Waals surface area contributed by atoms with E-state index in [-0.39, 0.29) is 24.4 Å². The lowest BCUT2D eigenvalue weighted by Crippen LogP contribution is -2.48. The van der Waals surface area contributed by atoms with Crippen molar-refractivity contribution in [2.75, 3.05) is 13.1 Å². The third kappa shape index (κ3) is 4.71. The van der Waals surface area contributed by atoms with Gasteiger partial charge < -0.3 is 16.0 Å². The Bertz CT molecular complexity index is 536. The molecule has 0 unspecified atom stereocenters. The van der Waals surface area contributed by atoms with Gasteiger partial charge in [0, 0.05) is 17.6 Å². The minimum atomic E-state index is -0.424. The Morgan fingerprint density at radius 3 is 2.95 bits per heavy atom. The summed E-state index contributed by atoms with van der Waals surface area (Å²) in [6, 6.07) is 7.07. The molecule has 1 aromatic rings. The molecule has 1 saturated heterocycles. The highest BCUT2D eigenvalue weighted by Crippen LogP contribution is 2.21. The molecule has 1 fully saturated rings. The van der Waals surface area contributed by atoms with E-state index in [1.165, 1.54) is 0 Å². The number of benzene rings is 1. The quantitative estimate of drug-likeness (QED) is 0.773. The molecule has 5 nitrogen and oxygen atoms in total. The third-order valence-corrected chi connectivity index (χ3v) is 4.16. The number of halogens is 1. The molecule has 0 saturated carbocycles. The van der Waals surface area contributed by atoms with Gasteiger partial charge in [0.25, 0.3) is 0 Å². The van der Waals surface area contributed by atoms with Crippen LogP contribution in [-0.2, 0) is 9.59 Å². The lowest BCUT2D eigenvalue weighted by Gasteiger charge is -2.18. The maximum absolute atomic E-state index is 12.0. The van der Waals surface area contributed by atoms with Crippen LogP contribution in [0.25, 0.3) is 0 Å². The van der Waals surface area contributed by atoms with Crippen molar-refractivity contribution in [3.63, 3.8) is 0 Å². The molecule has 120 valence electrons. The van der Waals surface area contributed by atoms with Gasteiger partial charge in [-0.3, -0.25) is 9.59 Å². The highest BCUT2D eigenvalue weighted by atomic mass is 35.5. The smallest absolute Gasteiger partial charge is 0.242 e. The Kier molecular flexibility index (Phi) is 6.21. The number of carbonyl (C=O) groups excluding carboxylic acids is 2. The summed E-state index contributed by atoms with van der Waals surface area (Å²) >= 11 is 6.13. The number of hydrogen-bond donors (Lipinski definition) is 3. The summed E-state index contributed by atoms with van der Waals surface area (Å²) in [7, 11) is 0. The Morgan fingerprint density at radius 1 is 1.41 bits per heavy atom. The van der Waals surface area contributed by atoms with Crippen LogP contribution >= 0.6 is 11.6 Å². The van der Waals surface area contributed by atoms with Crippen molar-refractivity contribution in [2.24, 2.45) is 0 Å². The topological polar surface area (TPSA) is 70.2 Å². The molecule has 1 heterocycles. The van der Waals surface area contributed by atoms with Gasteiger partial charge in [0.1, 0.15) is 6.04 Å². The maximum Gasteiger partial charge on any atom is 0.242 e. The average molecular weight is 324 g/mol. The Hall–Kier alpha value is -1.59. The zero-order chi connectivity index (χ0) is 15.9. The molecule has 0 spiro atoms. The number of nitrogens with one attached hydrogen (secondary N) is 3. The Balaban J connectivity index is 1.82. The van der Waals surface area contributed by atoms with Crippen LogP contribution in [0.2, 0.25) is 5.02 Å². The Labute approximate surface area is 135 Å². The fourth-order valence-electron chi connectivity index (χ4n) is 2.50. The normalized spacial score (nSPS) is 19.9. The van der Waals surface area contributed by atoms with E-state index < -0.39 is 6.04 Å². The van der Waals surface area contributed by atoms with Gasteiger partial charge in [0.2, 0.25) is 11.8 Å². The van der Waals surface area contributed by atoms with Crippen LogP contribution in [0, 0.1) is 0 Å². The fourth-order valence-corrected chi connectivity index (χ4v) is 2.80.